The van der Waals surface area contributed by atoms with Crippen molar-refractivity contribution in [3.05, 3.63) is 29.3 Å². The molecule has 0 aromatic heterocycles. The van der Waals surface area contributed by atoms with Gasteiger partial charge in [-0.3, -0.25) is 9.59 Å². The van der Waals surface area contributed by atoms with Crippen molar-refractivity contribution in [3.8, 4) is 5.75 Å². The maximum atomic E-state index is 13.1. The van der Waals surface area contributed by atoms with Crippen LogP contribution in [0, 0.1) is 6.92 Å². The number of rotatable bonds is 9. The molecule has 0 aliphatic rings. The zero-order chi connectivity index (χ0) is 23.8. The van der Waals surface area contributed by atoms with Gasteiger partial charge in [0.05, 0.1) is 0 Å². The number of para-hydroxylation sites is 1. The molecule has 0 spiro atoms. The smallest absolute Gasteiger partial charge is 0.408 e. The van der Waals surface area contributed by atoms with Gasteiger partial charge in [-0.2, -0.15) is 0 Å². The zero-order valence-corrected chi connectivity index (χ0v) is 19.7. The lowest BCUT2D eigenvalue weighted by molar-refractivity contribution is -0.142. The number of unbranched alkanes of at least 4 members (excludes halogenated alkanes) is 1. The normalized spacial score (nSPS) is 12.3. The molecular weight excluding hydrogens is 398 g/mol. The van der Waals surface area contributed by atoms with Crippen LogP contribution in [0.5, 0.6) is 5.75 Å². The number of phenols is 1. The topological polar surface area (TPSA) is 108 Å². The molecule has 1 atom stereocenters. The van der Waals surface area contributed by atoms with Crippen LogP contribution in [0.2, 0.25) is 0 Å². The molecule has 3 N–H and O–H groups in total. The first-order valence-electron chi connectivity index (χ1n) is 10.7. The average molecular weight is 436 g/mol. The van der Waals surface area contributed by atoms with Crippen LogP contribution < -0.4 is 10.6 Å². The van der Waals surface area contributed by atoms with Gasteiger partial charge >= 0.3 is 6.09 Å². The summed E-state index contributed by atoms with van der Waals surface area (Å²) in [6, 6.07) is 3.70. The molecule has 0 saturated heterocycles. The Labute approximate surface area is 185 Å². The van der Waals surface area contributed by atoms with E-state index in [9.17, 15) is 19.5 Å². The molecule has 31 heavy (non-hydrogen) atoms. The van der Waals surface area contributed by atoms with Crippen LogP contribution in [0.15, 0.2) is 18.2 Å². The molecule has 1 aromatic rings. The summed E-state index contributed by atoms with van der Waals surface area (Å²) >= 11 is 0. The number of amides is 3. The highest BCUT2D eigenvalue weighted by Crippen LogP contribution is 2.32. The Bertz CT molecular complexity index is 771. The second-order valence-corrected chi connectivity index (χ2v) is 8.81. The van der Waals surface area contributed by atoms with Gasteiger partial charge in [-0.15, -0.1) is 0 Å². The van der Waals surface area contributed by atoms with Gasteiger partial charge in [-0.05, 0) is 53.5 Å². The number of hydrogen-bond donors (Lipinski definition) is 3. The van der Waals surface area contributed by atoms with Crippen LogP contribution in [0.4, 0.5) is 4.79 Å². The minimum atomic E-state index is -1.04. The fourth-order valence-corrected chi connectivity index (χ4v) is 3.09. The lowest BCUT2D eigenvalue weighted by Crippen LogP contribution is -2.50. The van der Waals surface area contributed by atoms with Crippen molar-refractivity contribution < 1.29 is 24.2 Å². The van der Waals surface area contributed by atoms with Crippen molar-refractivity contribution in [1.29, 1.82) is 0 Å². The van der Waals surface area contributed by atoms with E-state index >= 15 is 0 Å². The summed E-state index contributed by atoms with van der Waals surface area (Å²) in [4.78, 5) is 39.6. The number of ether oxygens (including phenoxy) is 1. The summed E-state index contributed by atoms with van der Waals surface area (Å²) in [5, 5.41) is 15.9. The summed E-state index contributed by atoms with van der Waals surface area (Å²) in [5.41, 5.74) is 0.250. The van der Waals surface area contributed by atoms with Gasteiger partial charge < -0.3 is 25.4 Å². The van der Waals surface area contributed by atoms with Gasteiger partial charge in [0.15, 0.2) is 0 Å². The Hall–Kier alpha value is -2.77. The fourth-order valence-electron chi connectivity index (χ4n) is 3.09. The van der Waals surface area contributed by atoms with Gasteiger partial charge in [0.2, 0.25) is 11.8 Å². The standard InChI is InChI=1S/C23H37N3O5/c1-8-9-13-24-21(29)19(17-12-10-11-16(4)20(17)28)26(15(2)3)18(27)14-25-22(30)31-23(5,6)7/h10-12,15,19,28H,8-9,13-14H2,1-7H3,(H,24,29)(H,25,30). The first kappa shape index (κ1) is 26.3. The SMILES string of the molecule is CCCCNC(=O)C(c1cccc(C)c1O)N(C(=O)CNC(=O)OC(C)(C)C)C(C)C. The lowest BCUT2D eigenvalue weighted by atomic mass is 9.98. The quantitative estimate of drug-likeness (QED) is 0.515. The maximum absolute atomic E-state index is 13.1. The molecule has 8 heteroatoms. The number of carbonyl (C=O) groups is 3. The number of nitrogens with one attached hydrogen (secondary N) is 2. The molecule has 1 rings (SSSR count). The van der Waals surface area contributed by atoms with Crippen molar-refractivity contribution in [2.24, 2.45) is 0 Å². The number of nitrogens with zero attached hydrogens (tertiary/aromatic N) is 1. The fraction of sp³-hybridized carbons (Fsp3) is 0.609. The molecule has 1 aromatic carbocycles. The molecule has 0 aliphatic carbocycles. The van der Waals surface area contributed by atoms with Gasteiger partial charge in [0.1, 0.15) is 23.9 Å². The molecular formula is C23H37N3O5. The number of carbonyl (C=O) groups excluding carboxylic acids is 3. The summed E-state index contributed by atoms with van der Waals surface area (Å²) in [5.74, 6) is -0.872. The van der Waals surface area contributed by atoms with E-state index in [4.69, 9.17) is 4.74 Å². The van der Waals surface area contributed by atoms with E-state index < -0.39 is 23.6 Å². The molecule has 0 aliphatic heterocycles. The molecule has 0 saturated carbocycles. The van der Waals surface area contributed by atoms with E-state index in [1.807, 2.05) is 6.92 Å². The van der Waals surface area contributed by atoms with E-state index in [1.165, 1.54) is 4.90 Å². The number of alkyl carbamates (subject to hydrolysis) is 1. The molecule has 0 fully saturated rings. The Kier molecular flexibility index (Phi) is 9.81. The number of hydrogen-bond acceptors (Lipinski definition) is 5. The van der Waals surface area contributed by atoms with E-state index in [2.05, 4.69) is 10.6 Å². The van der Waals surface area contributed by atoms with Crippen molar-refractivity contribution >= 4 is 17.9 Å². The minimum absolute atomic E-state index is 0.0308. The summed E-state index contributed by atoms with van der Waals surface area (Å²) in [6.45, 7) is 12.6. The van der Waals surface area contributed by atoms with E-state index in [1.54, 1.807) is 59.7 Å². The van der Waals surface area contributed by atoms with Crippen LogP contribution in [0.3, 0.4) is 0 Å². The van der Waals surface area contributed by atoms with Gasteiger partial charge in [0.25, 0.3) is 0 Å². The second kappa shape index (κ2) is 11.6. The third-order valence-corrected chi connectivity index (χ3v) is 4.55. The van der Waals surface area contributed by atoms with E-state index in [0.29, 0.717) is 17.7 Å². The molecule has 8 nitrogen and oxygen atoms in total. The molecule has 174 valence electrons. The van der Waals surface area contributed by atoms with E-state index in [-0.39, 0.29) is 24.2 Å². The van der Waals surface area contributed by atoms with Crippen LogP contribution in [0.1, 0.15) is 71.6 Å². The monoisotopic (exact) mass is 435 g/mol. The Morgan fingerprint density at radius 1 is 1.16 bits per heavy atom. The van der Waals surface area contributed by atoms with Crippen LogP contribution in [-0.4, -0.2) is 52.6 Å². The van der Waals surface area contributed by atoms with Crippen molar-refractivity contribution in [2.75, 3.05) is 13.1 Å². The van der Waals surface area contributed by atoms with Crippen molar-refractivity contribution in [3.63, 3.8) is 0 Å². The third kappa shape index (κ3) is 8.11. The summed E-state index contributed by atoms with van der Waals surface area (Å²) in [7, 11) is 0. The highest BCUT2D eigenvalue weighted by Gasteiger charge is 2.35. The van der Waals surface area contributed by atoms with Crippen molar-refractivity contribution in [2.45, 2.75) is 79.0 Å². The Balaban J connectivity index is 3.20. The molecule has 3 amide bonds. The number of phenolic OH excluding ortho intramolecular Hbond substituents is 1. The summed E-state index contributed by atoms with van der Waals surface area (Å²) < 4.78 is 5.18. The maximum Gasteiger partial charge on any atom is 0.408 e. The second-order valence-electron chi connectivity index (χ2n) is 8.81. The Morgan fingerprint density at radius 2 is 1.81 bits per heavy atom. The average Bonchev–Trinajstić information content (AvgIpc) is 2.65. The van der Waals surface area contributed by atoms with Gasteiger partial charge in [-0.25, -0.2) is 4.79 Å². The molecule has 1 unspecified atom stereocenters. The predicted molar refractivity (Wildman–Crippen MR) is 120 cm³/mol. The minimum Gasteiger partial charge on any atom is -0.507 e. The van der Waals surface area contributed by atoms with Crippen LogP contribution >= 0.6 is 0 Å². The summed E-state index contributed by atoms with van der Waals surface area (Å²) in [6.07, 6.45) is 0.994. The van der Waals surface area contributed by atoms with E-state index in [0.717, 1.165) is 12.8 Å². The molecule has 0 bridgehead atoms. The number of aryl methyl sites for hydroxylation is 1. The van der Waals surface area contributed by atoms with Crippen LogP contribution in [-0.2, 0) is 14.3 Å². The van der Waals surface area contributed by atoms with Crippen molar-refractivity contribution in [1.82, 2.24) is 15.5 Å². The van der Waals surface area contributed by atoms with Gasteiger partial charge in [0, 0.05) is 18.2 Å². The molecule has 0 radical (unpaired) electrons. The Morgan fingerprint density at radius 3 is 2.35 bits per heavy atom. The highest BCUT2D eigenvalue weighted by molar-refractivity contribution is 5.91. The first-order chi connectivity index (χ1) is 14.4. The van der Waals surface area contributed by atoms with Gasteiger partial charge in [-0.1, -0.05) is 31.5 Å². The number of aromatic hydroxyl groups is 1. The zero-order valence-electron chi connectivity index (χ0n) is 19.7. The third-order valence-electron chi connectivity index (χ3n) is 4.55. The lowest BCUT2D eigenvalue weighted by Gasteiger charge is -2.35. The predicted octanol–water partition coefficient (Wildman–Crippen LogP) is 3.42. The molecule has 0 heterocycles. The first-order valence-corrected chi connectivity index (χ1v) is 10.7. The van der Waals surface area contributed by atoms with Crippen LogP contribution in [0.25, 0.3) is 0 Å². The largest absolute Gasteiger partial charge is 0.507 e. The highest BCUT2D eigenvalue weighted by atomic mass is 16.6. The number of benzene rings is 1.